The first-order valence-electron chi connectivity index (χ1n) is 9.76. The summed E-state index contributed by atoms with van der Waals surface area (Å²) in [4.78, 5) is 29.4. The predicted molar refractivity (Wildman–Crippen MR) is 116 cm³/mol. The number of amides is 2. The zero-order valence-corrected chi connectivity index (χ0v) is 18.9. The van der Waals surface area contributed by atoms with Gasteiger partial charge in [-0.3, -0.25) is 9.59 Å². The highest BCUT2D eigenvalue weighted by Gasteiger charge is 2.31. The fourth-order valence-corrected chi connectivity index (χ4v) is 3.58. The Morgan fingerprint density at radius 1 is 1.07 bits per heavy atom. The Balaban J connectivity index is 1.97. The number of nitrogens with zero attached hydrogens (tertiary/aromatic N) is 2. The predicted octanol–water partition coefficient (Wildman–Crippen LogP) is 4.22. The second kappa shape index (κ2) is 9.36. The molecule has 0 aromatic heterocycles. The van der Waals surface area contributed by atoms with Crippen LogP contribution in [0.3, 0.4) is 0 Å². The zero-order valence-electron chi connectivity index (χ0n) is 17.4. The number of anilines is 1. The van der Waals surface area contributed by atoms with E-state index in [-0.39, 0.29) is 23.1 Å². The molecule has 1 fully saturated rings. The van der Waals surface area contributed by atoms with E-state index in [1.807, 2.05) is 51.7 Å². The van der Waals surface area contributed by atoms with Gasteiger partial charge < -0.3 is 15.1 Å². The van der Waals surface area contributed by atoms with Gasteiger partial charge in [-0.25, -0.2) is 0 Å². The molecule has 28 heavy (non-hydrogen) atoms. The third-order valence-corrected chi connectivity index (χ3v) is 5.54. The second-order valence-electron chi connectivity index (χ2n) is 8.94. The summed E-state index contributed by atoms with van der Waals surface area (Å²) in [5, 5.41) is 4.01. The summed E-state index contributed by atoms with van der Waals surface area (Å²) in [7, 11) is 0. The van der Waals surface area contributed by atoms with Gasteiger partial charge in [-0.05, 0) is 29.5 Å². The topological polar surface area (TPSA) is 52.7 Å². The highest BCUT2D eigenvalue weighted by molar-refractivity contribution is 6.42. The van der Waals surface area contributed by atoms with E-state index in [0.29, 0.717) is 42.6 Å². The maximum atomic E-state index is 13.0. The van der Waals surface area contributed by atoms with Crippen molar-refractivity contribution in [2.24, 2.45) is 11.3 Å². The Morgan fingerprint density at radius 2 is 1.68 bits per heavy atom. The van der Waals surface area contributed by atoms with Crippen LogP contribution in [0.5, 0.6) is 0 Å². The van der Waals surface area contributed by atoms with Crippen LogP contribution in [0.4, 0.5) is 5.69 Å². The number of benzene rings is 1. The Labute approximate surface area is 178 Å². The summed E-state index contributed by atoms with van der Waals surface area (Å²) in [6.45, 7) is 12.6. The molecular formula is C21H31Cl2N3O2. The molecule has 0 aliphatic carbocycles. The third-order valence-electron chi connectivity index (χ3n) is 4.80. The van der Waals surface area contributed by atoms with Crippen molar-refractivity contribution in [3.8, 4) is 0 Å². The molecule has 0 spiro atoms. The fraction of sp³-hybridized carbons (Fsp3) is 0.619. The first-order valence-corrected chi connectivity index (χ1v) is 10.5. The fourth-order valence-electron chi connectivity index (χ4n) is 3.28. The summed E-state index contributed by atoms with van der Waals surface area (Å²) in [5.41, 5.74) is 0.889. The van der Waals surface area contributed by atoms with Gasteiger partial charge in [0.15, 0.2) is 0 Å². The minimum atomic E-state index is -0.494. The number of halogens is 2. The molecule has 7 heteroatoms. The molecule has 1 atom stereocenters. The molecule has 1 unspecified atom stereocenters. The zero-order chi connectivity index (χ0) is 21.1. The second-order valence-corrected chi connectivity index (χ2v) is 9.75. The van der Waals surface area contributed by atoms with Crippen LogP contribution in [0.15, 0.2) is 18.2 Å². The number of hydrogen-bond acceptors (Lipinski definition) is 3. The van der Waals surface area contributed by atoms with Gasteiger partial charge in [-0.2, -0.15) is 0 Å². The van der Waals surface area contributed by atoms with Gasteiger partial charge in [0, 0.05) is 38.3 Å². The average molecular weight is 428 g/mol. The lowest BCUT2D eigenvalue weighted by Crippen LogP contribution is -2.56. The van der Waals surface area contributed by atoms with Gasteiger partial charge in [0.05, 0.1) is 10.0 Å². The third kappa shape index (κ3) is 6.28. The van der Waals surface area contributed by atoms with Crippen LogP contribution in [0, 0.1) is 11.3 Å². The Bertz CT molecular complexity index is 708. The van der Waals surface area contributed by atoms with Crippen molar-refractivity contribution in [3.05, 3.63) is 28.2 Å². The van der Waals surface area contributed by atoms with Gasteiger partial charge in [0.2, 0.25) is 11.8 Å². The minimum Gasteiger partial charge on any atom is -0.368 e. The Hall–Kier alpha value is -1.46. The molecule has 0 saturated carbocycles. The Morgan fingerprint density at radius 3 is 2.18 bits per heavy atom. The number of carbonyl (C=O) groups is 2. The maximum absolute atomic E-state index is 13.0. The largest absolute Gasteiger partial charge is 0.368 e. The van der Waals surface area contributed by atoms with Gasteiger partial charge in [0.25, 0.3) is 0 Å². The van der Waals surface area contributed by atoms with Crippen molar-refractivity contribution in [1.82, 2.24) is 10.2 Å². The van der Waals surface area contributed by atoms with Crippen LogP contribution >= 0.6 is 23.2 Å². The summed E-state index contributed by atoms with van der Waals surface area (Å²) in [6, 6.07) is 5.09. The van der Waals surface area contributed by atoms with E-state index in [9.17, 15) is 9.59 Å². The molecule has 2 rings (SSSR count). The standard InChI is InChI=1S/C21H31Cl2N3O2/c1-14(2)19(24-18(27)13-21(3,4)5)20(28)26-10-8-25(9-11-26)15-6-7-16(22)17(23)12-15/h6-7,12,14,19H,8-11,13H2,1-5H3,(H,24,27). The minimum absolute atomic E-state index is 0.00829. The summed E-state index contributed by atoms with van der Waals surface area (Å²) < 4.78 is 0. The highest BCUT2D eigenvalue weighted by Crippen LogP contribution is 2.28. The normalized spacial score (nSPS) is 16.3. The quantitative estimate of drug-likeness (QED) is 0.764. The summed E-state index contributed by atoms with van der Waals surface area (Å²) >= 11 is 12.1. The van der Waals surface area contributed by atoms with Crippen LogP contribution < -0.4 is 10.2 Å². The van der Waals surface area contributed by atoms with E-state index in [2.05, 4.69) is 10.2 Å². The molecule has 1 aromatic carbocycles. The van der Waals surface area contributed by atoms with Gasteiger partial charge in [0.1, 0.15) is 6.04 Å². The SMILES string of the molecule is CC(C)C(NC(=O)CC(C)(C)C)C(=O)N1CCN(c2ccc(Cl)c(Cl)c2)CC1. The summed E-state index contributed by atoms with van der Waals surface area (Å²) in [6.07, 6.45) is 0.397. The first-order chi connectivity index (χ1) is 13.0. The first kappa shape index (κ1) is 22.8. The van der Waals surface area contributed by atoms with Crippen LogP contribution in [-0.2, 0) is 9.59 Å². The molecule has 1 saturated heterocycles. The van der Waals surface area contributed by atoms with E-state index < -0.39 is 6.04 Å². The van der Waals surface area contributed by atoms with Crippen molar-refractivity contribution < 1.29 is 9.59 Å². The molecule has 1 aliphatic rings. The molecule has 1 N–H and O–H groups in total. The van der Waals surface area contributed by atoms with E-state index in [4.69, 9.17) is 23.2 Å². The smallest absolute Gasteiger partial charge is 0.245 e. The van der Waals surface area contributed by atoms with Crippen molar-refractivity contribution in [1.29, 1.82) is 0 Å². The Kier molecular flexibility index (Phi) is 7.63. The monoisotopic (exact) mass is 427 g/mol. The molecule has 0 bridgehead atoms. The number of rotatable bonds is 5. The molecule has 1 aliphatic heterocycles. The average Bonchev–Trinajstić information content (AvgIpc) is 2.60. The lowest BCUT2D eigenvalue weighted by molar-refractivity contribution is -0.138. The molecule has 156 valence electrons. The van der Waals surface area contributed by atoms with Crippen LogP contribution in [0.25, 0.3) is 0 Å². The number of nitrogens with one attached hydrogen (secondary N) is 1. The number of hydrogen-bond donors (Lipinski definition) is 1. The molecule has 0 radical (unpaired) electrons. The van der Waals surface area contributed by atoms with Crippen molar-refractivity contribution in [3.63, 3.8) is 0 Å². The number of carbonyl (C=O) groups excluding carboxylic acids is 2. The lowest BCUT2D eigenvalue weighted by atomic mass is 9.91. The van der Waals surface area contributed by atoms with E-state index in [0.717, 1.165) is 5.69 Å². The lowest BCUT2D eigenvalue weighted by Gasteiger charge is -2.38. The molecule has 1 aromatic rings. The van der Waals surface area contributed by atoms with E-state index in [1.54, 1.807) is 6.07 Å². The summed E-state index contributed by atoms with van der Waals surface area (Å²) in [5.74, 6) is -0.0513. The van der Waals surface area contributed by atoms with Crippen LogP contribution in [-0.4, -0.2) is 48.9 Å². The number of piperazine rings is 1. The van der Waals surface area contributed by atoms with E-state index in [1.165, 1.54) is 0 Å². The molecule has 5 nitrogen and oxygen atoms in total. The highest BCUT2D eigenvalue weighted by atomic mass is 35.5. The van der Waals surface area contributed by atoms with Crippen LogP contribution in [0.1, 0.15) is 41.0 Å². The van der Waals surface area contributed by atoms with Gasteiger partial charge in [-0.1, -0.05) is 57.8 Å². The maximum Gasteiger partial charge on any atom is 0.245 e. The van der Waals surface area contributed by atoms with Gasteiger partial charge in [-0.15, -0.1) is 0 Å². The van der Waals surface area contributed by atoms with Crippen molar-refractivity contribution in [2.75, 3.05) is 31.1 Å². The van der Waals surface area contributed by atoms with Crippen molar-refractivity contribution >= 4 is 40.7 Å². The van der Waals surface area contributed by atoms with Crippen LogP contribution in [0.2, 0.25) is 10.0 Å². The van der Waals surface area contributed by atoms with E-state index >= 15 is 0 Å². The van der Waals surface area contributed by atoms with Gasteiger partial charge >= 0.3 is 0 Å². The molecule has 1 heterocycles. The van der Waals surface area contributed by atoms with Crippen molar-refractivity contribution in [2.45, 2.75) is 47.1 Å². The molecule has 2 amide bonds. The molecular weight excluding hydrogens is 397 g/mol.